The van der Waals surface area contributed by atoms with Crippen LogP contribution in [0.25, 0.3) is 0 Å². The van der Waals surface area contributed by atoms with Crippen molar-refractivity contribution in [2.75, 3.05) is 6.61 Å². The first-order chi connectivity index (χ1) is 26.9. The fraction of sp³-hybridized carbons (Fsp3) is 0.425. The quantitative estimate of drug-likeness (QED) is 0.167. The maximum absolute atomic E-state index is 14.0. The second kappa shape index (κ2) is 18.0. The number of nitrogens with two attached hydrogens (primary N) is 1. The molecule has 0 unspecified atom stereocenters. The third-order valence-corrected chi connectivity index (χ3v) is 9.56. The summed E-state index contributed by atoms with van der Waals surface area (Å²) >= 11 is 0. The van der Waals surface area contributed by atoms with Crippen LogP contribution in [0.3, 0.4) is 0 Å². The summed E-state index contributed by atoms with van der Waals surface area (Å²) in [7, 11) is 0. The van der Waals surface area contributed by atoms with Crippen molar-refractivity contribution < 1.29 is 28.7 Å². The van der Waals surface area contributed by atoms with E-state index < -0.39 is 41.8 Å². The Bertz CT molecular complexity index is 2020. The van der Waals surface area contributed by atoms with Gasteiger partial charge in [-0.3, -0.25) is 24.0 Å². The molecule has 2 aromatic heterocycles. The maximum atomic E-state index is 14.0. The van der Waals surface area contributed by atoms with E-state index in [1.165, 1.54) is 0 Å². The SMILES string of the molecule is CC(C)C[C@H]1COc2ccc(cc2)C[C@H](NC(=O)c2cnc(C(N)=O)cn2)C(=O)N[C@H](C)C(=O)N[C@H](Cc2ccccc2)c2nc(CC3CC3)nn2CC(=O)N1. The molecule has 16 heteroatoms. The van der Waals surface area contributed by atoms with Gasteiger partial charge in [0.2, 0.25) is 17.7 Å². The van der Waals surface area contributed by atoms with Gasteiger partial charge in [0.15, 0.2) is 11.6 Å². The highest BCUT2D eigenvalue weighted by Gasteiger charge is 2.31. The number of amides is 5. The number of ether oxygens (including phenoxy) is 1. The van der Waals surface area contributed by atoms with Crippen molar-refractivity contribution in [2.45, 2.75) is 90.0 Å². The Balaban J connectivity index is 1.32. The molecule has 5 amide bonds. The predicted octanol–water partition coefficient (Wildman–Crippen LogP) is 1.99. The Hall–Kier alpha value is -6.19. The standard InChI is InChI=1S/C40H48N10O6/c1-23(2)15-28-22-56-29-13-11-26(12-14-29)17-31(47-40(55)33-20-42-32(19-43-33)36(41)52)39(54)44-24(3)38(53)46-30(16-25-7-5-4-6-8-25)37-48-34(18-27-9-10-27)49-50(37)21-35(51)45-28/h4-8,11-14,19-20,23-24,27-28,30-31H,9-10,15-18,21-22H2,1-3H3,(H2,41,52)(H,44,54)(H,45,51)(H,46,53)(H,47,55)/t24-,28+,30-,31+/m1/s1. The van der Waals surface area contributed by atoms with Crippen molar-refractivity contribution in [3.8, 4) is 5.75 Å². The van der Waals surface area contributed by atoms with Crippen molar-refractivity contribution in [1.29, 1.82) is 0 Å². The van der Waals surface area contributed by atoms with Gasteiger partial charge < -0.3 is 31.7 Å². The van der Waals surface area contributed by atoms with Crippen molar-refractivity contribution in [1.82, 2.24) is 46.0 Å². The molecule has 0 saturated heterocycles. The second-order valence-electron chi connectivity index (χ2n) is 14.9. The molecule has 2 aliphatic heterocycles. The lowest BCUT2D eigenvalue weighted by Crippen LogP contribution is -2.54. The minimum absolute atomic E-state index is 0.0501. The van der Waals surface area contributed by atoms with Crippen LogP contribution in [0, 0.1) is 11.8 Å². The third-order valence-electron chi connectivity index (χ3n) is 9.56. The van der Waals surface area contributed by atoms with E-state index in [1.807, 2.05) is 30.3 Å². The fourth-order valence-corrected chi connectivity index (χ4v) is 6.49. The van der Waals surface area contributed by atoms with Crippen LogP contribution in [-0.4, -0.2) is 79.0 Å². The van der Waals surface area contributed by atoms with Crippen molar-refractivity contribution >= 4 is 29.5 Å². The summed E-state index contributed by atoms with van der Waals surface area (Å²) in [5.74, 6) is -0.601. The lowest BCUT2D eigenvalue weighted by atomic mass is 10.0. The Morgan fingerprint density at radius 1 is 0.929 bits per heavy atom. The van der Waals surface area contributed by atoms with E-state index >= 15 is 0 Å². The van der Waals surface area contributed by atoms with Gasteiger partial charge in [0.05, 0.1) is 24.5 Å². The molecule has 2 aromatic carbocycles. The zero-order valence-electron chi connectivity index (χ0n) is 31.7. The number of hydrogen-bond acceptors (Lipinski definition) is 10. The molecule has 1 aliphatic carbocycles. The van der Waals surface area contributed by atoms with Crippen molar-refractivity contribution in [3.63, 3.8) is 0 Å². The first-order valence-electron chi connectivity index (χ1n) is 18.9. The number of primary amides is 1. The number of fused-ring (bicyclic) bond motifs is 14. The summed E-state index contributed by atoms with van der Waals surface area (Å²) in [6.45, 7) is 5.78. The second-order valence-corrected chi connectivity index (χ2v) is 14.9. The molecule has 1 fully saturated rings. The highest BCUT2D eigenvalue weighted by Crippen LogP contribution is 2.32. The van der Waals surface area contributed by atoms with E-state index in [1.54, 1.807) is 35.9 Å². The van der Waals surface area contributed by atoms with Crippen molar-refractivity contribution in [2.24, 2.45) is 17.6 Å². The molecular formula is C40H48N10O6. The van der Waals surface area contributed by atoms with Gasteiger partial charge in [-0.25, -0.2) is 19.6 Å². The summed E-state index contributed by atoms with van der Waals surface area (Å²) in [5, 5.41) is 16.4. The lowest BCUT2D eigenvalue weighted by molar-refractivity contribution is -0.130. The van der Waals surface area contributed by atoms with Crippen LogP contribution in [0.4, 0.5) is 0 Å². The third kappa shape index (κ3) is 11.0. The number of carbonyl (C=O) groups excluding carboxylic acids is 5. The number of nitrogens with one attached hydrogen (secondary N) is 4. The van der Waals surface area contributed by atoms with Crippen LogP contribution < -0.4 is 31.7 Å². The summed E-state index contributed by atoms with van der Waals surface area (Å²) in [6, 6.07) is 13.4. The minimum atomic E-state index is -1.15. The highest BCUT2D eigenvalue weighted by molar-refractivity contribution is 5.97. The topological polar surface area (TPSA) is 225 Å². The summed E-state index contributed by atoms with van der Waals surface area (Å²) in [5.41, 5.74) is 6.61. The molecular weight excluding hydrogens is 717 g/mol. The zero-order valence-corrected chi connectivity index (χ0v) is 31.7. The van der Waals surface area contributed by atoms with Crippen LogP contribution in [-0.2, 0) is 40.2 Å². The number of hydrogen-bond donors (Lipinski definition) is 5. The number of carbonyl (C=O) groups is 5. The van der Waals surface area contributed by atoms with Gasteiger partial charge in [-0.1, -0.05) is 56.3 Å². The lowest BCUT2D eigenvalue weighted by Gasteiger charge is -2.25. The van der Waals surface area contributed by atoms with E-state index in [9.17, 15) is 24.0 Å². The molecule has 4 aromatic rings. The molecule has 294 valence electrons. The Morgan fingerprint density at radius 2 is 1.64 bits per heavy atom. The smallest absolute Gasteiger partial charge is 0.272 e. The minimum Gasteiger partial charge on any atom is -0.491 e. The maximum Gasteiger partial charge on any atom is 0.272 e. The van der Waals surface area contributed by atoms with Gasteiger partial charge in [-0.05, 0) is 67.7 Å². The average Bonchev–Trinajstić information content (AvgIpc) is 3.90. The predicted molar refractivity (Wildman–Crippen MR) is 204 cm³/mol. The van der Waals surface area contributed by atoms with Gasteiger partial charge in [0.25, 0.3) is 11.8 Å². The Labute approximate surface area is 324 Å². The summed E-state index contributed by atoms with van der Waals surface area (Å²) in [6.07, 6.45) is 6.06. The first kappa shape index (κ1) is 39.5. The van der Waals surface area contributed by atoms with Crippen molar-refractivity contribution in [3.05, 3.63) is 101 Å². The van der Waals surface area contributed by atoms with Crippen LogP contribution in [0.15, 0.2) is 67.0 Å². The Kier molecular flexibility index (Phi) is 12.7. The molecule has 56 heavy (non-hydrogen) atoms. The molecule has 4 atom stereocenters. The molecule has 0 radical (unpaired) electrons. The van der Waals surface area contributed by atoms with E-state index in [-0.39, 0.29) is 48.8 Å². The largest absolute Gasteiger partial charge is 0.491 e. The summed E-state index contributed by atoms with van der Waals surface area (Å²) < 4.78 is 7.71. The van der Waals surface area contributed by atoms with Gasteiger partial charge in [-0.15, -0.1) is 0 Å². The molecule has 4 heterocycles. The average molecular weight is 765 g/mol. The molecule has 1 saturated carbocycles. The van der Waals surface area contributed by atoms with E-state index in [0.717, 1.165) is 30.8 Å². The normalized spacial score (nSPS) is 20.9. The molecule has 3 aliphatic rings. The van der Waals surface area contributed by atoms with E-state index in [4.69, 9.17) is 20.6 Å². The zero-order chi connectivity index (χ0) is 39.8. The molecule has 2 bridgehead atoms. The number of nitrogens with zero attached hydrogens (tertiary/aromatic N) is 5. The van der Waals surface area contributed by atoms with E-state index in [2.05, 4.69) is 45.1 Å². The monoisotopic (exact) mass is 764 g/mol. The van der Waals surface area contributed by atoms with Gasteiger partial charge in [-0.2, -0.15) is 5.10 Å². The van der Waals surface area contributed by atoms with E-state index in [0.29, 0.717) is 48.1 Å². The number of aromatic nitrogens is 5. The van der Waals surface area contributed by atoms with Gasteiger partial charge >= 0.3 is 0 Å². The molecule has 16 nitrogen and oxygen atoms in total. The van der Waals surface area contributed by atoms with Crippen LogP contribution in [0.1, 0.15) is 89.8 Å². The van der Waals surface area contributed by atoms with Gasteiger partial charge in [0.1, 0.15) is 42.4 Å². The van der Waals surface area contributed by atoms with Crippen LogP contribution >= 0.6 is 0 Å². The molecule has 0 spiro atoms. The summed E-state index contributed by atoms with van der Waals surface area (Å²) in [4.78, 5) is 79.1. The van der Waals surface area contributed by atoms with Crippen LogP contribution in [0.5, 0.6) is 5.75 Å². The number of rotatable bonds is 9. The fourth-order valence-electron chi connectivity index (χ4n) is 6.49. The molecule has 6 N–H and O–H groups in total. The highest BCUT2D eigenvalue weighted by atomic mass is 16.5. The van der Waals surface area contributed by atoms with Crippen LogP contribution in [0.2, 0.25) is 0 Å². The van der Waals surface area contributed by atoms with Gasteiger partial charge in [0, 0.05) is 12.8 Å². The first-order valence-corrected chi connectivity index (χ1v) is 18.9. The molecule has 7 rings (SSSR count). The Morgan fingerprint density at radius 3 is 2.30 bits per heavy atom. The number of benzene rings is 2.